The standard InChI is InChI=1S/C19H18BrN5O2S/c1-25-13-22-24-19(25)28-12-18(26)23-21-10-15-4-2-3-5-17(15)27-11-14-6-8-16(20)9-7-14/h2-10,13H,11-12H2,1H3,(H,23,26). The SMILES string of the molecule is Cn1cnnc1SCC(=O)NN=Cc1ccccc1OCc1ccc(Br)cc1. The lowest BCUT2D eigenvalue weighted by Crippen LogP contribution is -2.20. The van der Waals surface area contributed by atoms with E-state index in [1.54, 1.807) is 17.1 Å². The molecule has 1 N–H and O–H groups in total. The van der Waals surface area contributed by atoms with Crippen LogP contribution in [0.2, 0.25) is 0 Å². The summed E-state index contributed by atoms with van der Waals surface area (Å²) in [5, 5.41) is 12.4. The summed E-state index contributed by atoms with van der Waals surface area (Å²) in [6.45, 7) is 0.443. The molecule has 28 heavy (non-hydrogen) atoms. The maximum absolute atomic E-state index is 11.9. The van der Waals surface area contributed by atoms with Crippen LogP contribution in [0.1, 0.15) is 11.1 Å². The smallest absolute Gasteiger partial charge is 0.250 e. The zero-order valence-corrected chi connectivity index (χ0v) is 17.5. The van der Waals surface area contributed by atoms with E-state index in [1.165, 1.54) is 11.8 Å². The van der Waals surface area contributed by atoms with Gasteiger partial charge in [-0.15, -0.1) is 10.2 Å². The van der Waals surface area contributed by atoms with E-state index in [9.17, 15) is 4.79 Å². The fourth-order valence-electron chi connectivity index (χ4n) is 2.20. The Bertz CT molecular complexity index is 959. The molecule has 144 valence electrons. The van der Waals surface area contributed by atoms with E-state index in [4.69, 9.17) is 4.74 Å². The number of hydrazone groups is 1. The van der Waals surface area contributed by atoms with E-state index in [0.717, 1.165) is 15.6 Å². The van der Waals surface area contributed by atoms with Crippen molar-refractivity contribution in [3.63, 3.8) is 0 Å². The number of hydrogen-bond acceptors (Lipinski definition) is 6. The Morgan fingerprint density at radius 1 is 1.29 bits per heavy atom. The Morgan fingerprint density at radius 3 is 2.82 bits per heavy atom. The number of aryl methyl sites for hydroxylation is 1. The van der Waals surface area contributed by atoms with Crippen molar-refractivity contribution in [2.75, 3.05) is 5.75 Å². The summed E-state index contributed by atoms with van der Waals surface area (Å²) >= 11 is 4.71. The molecule has 3 aromatic rings. The fraction of sp³-hybridized carbons (Fsp3) is 0.158. The molecule has 0 unspecified atom stereocenters. The van der Waals surface area contributed by atoms with Crippen LogP contribution in [0.3, 0.4) is 0 Å². The van der Waals surface area contributed by atoms with Crippen LogP contribution in [0.25, 0.3) is 0 Å². The Hall–Kier alpha value is -2.65. The number of nitrogens with one attached hydrogen (secondary N) is 1. The van der Waals surface area contributed by atoms with E-state index >= 15 is 0 Å². The van der Waals surface area contributed by atoms with Crippen LogP contribution in [0, 0.1) is 0 Å². The molecule has 1 heterocycles. The molecule has 7 nitrogen and oxygen atoms in total. The van der Waals surface area contributed by atoms with Gasteiger partial charge in [0.25, 0.3) is 5.91 Å². The molecule has 1 amide bonds. The zero-order chi connectivity index (χ0) is 19.8. The quantitative estimate of drug-likeness (QED) is 0.317. The van der Waals surface area contributed by atoms with Crippen LogP contribution >= 0.6 is 27.7 Å². The molecule has 0 aliphatic carbocycles. The number of ether oxygens (including phenoxy) is 1. The predicted octanol–water partition coefficient (Wildman–Crippen LogP) is 3.40. The molecule has 0 radical (unpaired) electrons. The number of carbonyl (C=O) groups excluding carboxylic acids is 1. The van der Waals surface area contributed by atoms with Gasteiger partial charge in [0, 0.05) is 17.1 Å². The topological polar surface area (TPSA) is 81.4 Å². The monoisotopic (exact) mass is 459 g/mol. The normalized spacial score (nSPS) is 10.9. The van der Waals surface area contributed by atoms with Crippen LogP contribution in [0.4, 0.5) is 0 Å². The van der Waals surface area contributed by atoms with Crippen molar-refractivity contribution in [1.29, 1.82) is 0 Å². The van der Waals surface area contributed by atoms with Gasteiger partial charge >= 0.3 is 0 Å². The van der Waals surface area contributed by atoms with Crippen LogP contribution in [0.5, 0.6) is 5.75 Å². The van der Waals surface area contributed by atoms with Gasteiger partial charge in [-0.1, -0.05) is 52.0 Å². The maximum atomic E-state index is 11.9. The number of rotatable bonds is 8. The highest BCUT2D eigenvalue weighted by Gasteiger charge is 2.06. The van der Waals surface area contributed by atoms with Crippen molar-refractivity contribution < 1.29 is 9.53 Å². The van der Waals surface area contributed by atoms with Crippen LogP contribution in [-0.4, -0.2) is 32.6 Å². The van der Waals surface area contributed by atoms with Crippen molar-refractivity contribution in [1.82, 2.24) is 20.2 Å². The van der Waals surface area contributed by atoms with Gasteiger partial charge in [0.1, 0.15) is 18.7 Å². The first-order chi connectivity index (χ1) is 13.6. The second-order valence-corrected chi connectivity index (χ2v) is 7.62. The van der Waals surface area contributed by atoms with E-state index in [1.807, 2.05) is 55.6 Å². The maximum Gasteiger partial charge on any atom is 0.250 e. The van der Waals surface area contributed by atoms with Gasteiger partial charge in [-0.25, -0.2) is 5.43 Å². The first kappa shape index (κ1) is 20.1. The fourth-order valence-corrected chi connectivity index (χ4v) is 3.14. The number of benzene rings is 2. The number of thioether (sulfide) groups is 1. The van der Waals surface area contributed by atoms with Gasteiger partial charge in [0.05, 0.1) is 12.0 Å². The Labute approximate surface area is 175 Å². The van der Waals surface area contributed by atoms with Gasteiger partial charge < -0.3 is 9.30 Å². The number of amides is 1. The largest absolute Gasteiger partial charge is 0.488 e. The lowest BCUT2D eigenvalue weighted by atomic mass is 10.2. The van der Waals surface area contributed by atoms with E-state index in [2.05, 4.69) is 36.7 Å². The van der Waals surface area contributed by atoms with Crippen LogP contribution in [-0.2, 0) is 18.4 Å². The van der Waals surface area contributed by atoms with Gasteiger partial charge in [-0.3, -0.25) is 4.79 Å². The Balaban J connectivity index is 1.52. The first-order valence-corrected chi connectivity index (χ1v) is 10.1. The molecule has 1 aromatic heterocycles. The van der Waals surface area contributed by atoms with Crippen molar-refractivity contribution in [3.8, 4) is 5.75 Å². The van der Waals surface area contributed by atoms with E-state index in [0.29, 0.717) is 17.5 Å². The van der Waals surface area contributed by atoms with Gasteiger partial charge in [-0.05, 0) is 29.8 Å². The average molecular weight is 460 g/mol. The van der Waals surface area contributed by atoms with E-state index < -0.39 is 0 Å². The third kappa shape index (κ3) is 5.93. The Morgan fingerprint density at radius 2 is 2.07 bits per heavy atom. The number of carbonyl (C=O) groups is 1. The summed E-state index contributed by atoms with van der Waals surface area (Å²) < 4.78 is 8.66. The molecule has 0 bridgehead atoms. The summed E-state index contributed by atoms with van der Waals surface area (Å²) in [6.07, 6.45) is 3.16. The lowest BCUT2D eigenvalue weighted by Gasteiger charge is -2.09. The minimum absolute atomic E-state index is 0.200. The summed E-state index contributed by atoms with van der Waals surface area (Å²) in [5.41, 5.74) is 4.35. The summed E-state index contributed by atoms with van der Waals surface area (Å²) in [6, 6.07) is 15.5. The highest BCUT2D eigenvalue weighted by atomic mass is 79.9. The minimum atomic E-state index is -0.225. The van der Waals surface area contributed by atoms with E-state index in [-0.39, 0.29) is 11.7 Å². The summed E-state index contributed by atoms with van der Waals surface area (Å²) in [7, 11) is 1.82. The number of aromatic nitrogens is 3. The van der Waals surface area contributed by atoms with Gasteiger partial charge in [0.15, 0.2) is 5.16 Å². The van der Waals surface area contributed by atoms with Crippen molar-refractivity contribution in [3.05, 3.63) is 70.5 Å². The van der Waals surface area contributed by atoms with Crippen molar-refractivity contribution >= 4 is 39.8 Å². The third-order valence-electron chi connectivity index (χ3n) is 3.62. The first-order valence-electron chi connectivity index (χ1n) is 8.37. The molecule has 0 aliphatic heterocycles. The molecule has 2 aromatic carbocycles. The van der Waals surface area contributed by atoms with Crippen molar-refractivity contribution in [2.45, 2.75) is 11.8 Å². The number of nitrogens with zero attached hydrogens (tertiary/aromatic N) is 4. The highest BCUT2D eigenvalue weighted by molar-refractivity contribution is 9.10. The minimum Gasteiger partial charge on any atom is -0.488 e. The number of para-hydroxylation sites is 1. The van der Waals surface area contributed by atoms with Crippen molar-refractivity contribution in [2.24, 2.45) is 12.1 Å². The summed E-state index contributed by atoms with van der Waals surface area (Å²) in [5.74, 6) is 0.667. The second kappa shape index (κ2) is 10.0. The molecule has 0 saturated carbocycles. The zero-order valence-electron chi connectivity index (χ0n) is 15.1. The van der Waals surface area contributed by atoms with Crippen LogP contribution in [0.15, 0.2) is 69.6 Å². The van der Waals surface area contributed by atoms with Gasteiger partial charge in [-0.2, -0.15) is 5.10 Å². The molecule has 0 fully saturated rings. The summed E-state index contributed by atoms with van der Waals surface area (Å²) in [4.78, 5) is 11.9. The predicted molar refractivity (Wildman–Crippen MR) is 112 cm³/mol. The molecule has 9 heteroatoms. The lowest BCUT2D eigenvalue weighted by molar-refractivity contribution is -0.118. The molecule has 0 atom stereocenters. The molecule has 3 rings (SSSR count). The molecular formula is C19H18BrN5O2S. The molecule has 0 spiro atoms. The third-order valence-corrected chi connectivity index (χ3v) is 5.18. The number of hydrogen-bond donors (Lipinski definition) is 1. The number of halogens is 1. The van der Waals surface area contributed by atoms with Crippen LogP contribution < -0.4 is 10.2 Å². The highest BCUT2D eigenvalue weighted by Crippen LogP contribution is 2.18. The molecular weight excluding hydrogens is 442 g/mol. The molecule has 0 aliphatic rings. The second-order valence-electron chi connectivity index (χ2n) is 5.76. The molecule has 0 saturated heterocycles. The average Bonchev–Trinajstić information content (AvgIpc) is 3.11. The van der Waals surface area contributed by atoms with Gasteiger partial charge in [0.2, 0.25) is 0 Å². The Kier molecular flexibility index (Phi) is 7.21.